The summed E-state index contributed by atoms with van der Waals surface area (Å²) in [5, 5.41) is 4.64. The van der Waals surface area contributed by atoms with E-state index in [-0.39, 0.29) is 18.1 Å². The molecule has 1 aliphatic heterocycles. The number of carbonyl (C=O) groups excluding carboxylic acids is 2. The lowest BCUT2D eigenvalue weighted by Gasteiger charge is -2.37. The van der Waals surface area contributed by atoms with Crippen LogP contribution in [0.25, 0.3) is 0 Å². The largest absolute Gasteiger partial charge is 0.453 e. The van der Waals surface area contributed by atoms with Gasteiger partial charge in [0.05, 0.1) is 19.8 Å². The molecule has 0 radical (unpaired) electrons. The average molecular weight is 399 g/mol. The van der Waals surface area contributed by atoms with E-state index in [9.17, 15) is 9.59 Å². The Morgan fingerprint density at radius 1 is 1.41 bits per heavy atom. The van der Waals surface area contributed by atoms with Gasteiger partial charge < -0.3 is 24.4 Å². The van der Waals surface area contributed by atoms with E-state index in [1.54, 1.807) is 16.2 Å². The molecule has 1 fully saturated rings. The number of hydrogen-bond donors (Lipinski definition) is 1. The predicted molar refractivity (Wildman–Crippen MR) is 104 cm³/mol. The Morgan fingerprint density at radius 3 is 2.81 bits per heavy atom. The molecule has 2 heterocycles. The van der Waals surface area contributed by atoms with E-state index in [4.69, 9.17) is 9.47 Å². The molecule has 0 saturated carbocycles. The molecular formula is C19H30N2O5S. The molecule has 2 atom stereocenters. The summed E-state index contributed by atoms with van der Waals surface area (Å²) in [6.07, 6.45) is 1.03. The van der Waals surface area contributed by atoms with Crippen molar-refractivity contribution in [2.75, 3.05) is 33.4 Å². The zero-order valence-corrected chi connectivity index (χ0v) is 17.3. The Bertz CT molecular complexity index is 600. The van der Waals surface area contributed by atoms with E-state index < -0.39 is 11.7 Å². The van der Waals surface area contributed by atoms with Crippen LogP contribution in [0, 0.1) is 5.92 Å². The maximum absolute atomic E-state index is 12.4. The molecule has 7 nitrogen and oxygen atoms in total. The van der Waals surface area contributed by atoms with Gasteiger partial charge in [-0.15, -0.1) is 11.3 Å². The van der Waals surface area contributed by atoms with Gasteiger partial charge in [-0.3, -0.25) is 0 Å². The number of amides is 2. The summed E-state index contributed by atoms with van der Waals surface area (Å²) in [4.78, 5) is 26.5. The summed E-state index contributed by atoms with van der Waals surface area (Å²) in [6.45, 7) is 7.67. The van der Waals surface area contributed by atoms with E-state index in [2.05, 4.69) is 16.1 Å². The van der Waals surface area contributed by atoms with Crippen LogP contribution in [0.2, 0.25) is 0 Å². The highest BCUT2D eigenvalue weighted by molar-refractivity contribution is 7.10. The fourth-order valence-electron chi connectivity index (χ4n) is 3.06. The Balaban J connectivity index is 1.97. The van der Waals surface area contributed by atoms with Crippen LogP contribution in [-0.4, -0.2) is 56.0 Å². The van der Waals surface area contributed by atoms with Crippen molar-refractivity contribution in [1.82, 2.24) is 10.2 Å². The molecule has 2 rings (SSSR count). The number of rotatable bonds is 6. The van der Waals surface area contributed by atoms with Crippen molar-refractivity contribution in [3.8, 4) is 0 Å². The van der Waals surface area contributed by atoms with Gasteiger partial charge in [0.15, 0.2) is 0 Å². The van der Waals surface area contributed by atoms with Gasteiger partial charge >= 0.3 is 12.2 Å². The van der Waals surface area contributed by atoms with Crippen molar-refractivity contribution in [3.63, 3.8) is 0 Å². The Morgan fingerprint density at radius 2 is 2.19 bits per heavy atom. The standard InChI is InChI=1S/C19H30N2O5S/c1-19(2,3)26-18(23)21-10-5-7-14(13-21)16(15-8-6-12-27-15)25-11-9-20-17(22)24-4/h6,8,12,14,16H,5,7,9-11,13H2,1-4H3,(H,20,22)/t14-,16-/m1/s1. The SMILES string of the molecule is COC(=O)NCCO[C@@H](c1cccs1)[C@@H]1CCCN(C(=O)OC(C)(C)C)C1. The molecule has 1 saturated heterocycles. The fraction of sp³-hybridized carbons (Fsp3) is 0.684. The summed E-state index contributed by atoms with van der Waals surface area (Å²) in [5.74, 6) is 0.183. The minimum Gasteiger partial charge on any atom is -0.453 e. The molecule has 1 aromatic heterocycles. The predicted octanol–water partition coefficient (Wildman–Crippen LogP) is 3.81. The van der Waals surface area contributed by atoms with Gasteiger partial charge in [-0.25, -0.2) is 9.59 Å². The van der Waals surface area contributed by atoms with Crippen molar-refractivity contribution < 1.29 is 23.8 Å². The van der Waals surface area contributed by atoms with E-state index in [1.807, 2.05) is 32.2 Å². The number of piperidine rings is 1. The third-order valence-corrected chi connectivity index (χ3v) is 5.15. The quantitative estimate of drug-likeness (QED) is 0.738. The molecule has 1 aromatic rings. The van der Waals surface area contributed by atoms with Crippen LogP contribution in [0.3, 0.4) is 0 Å². The van der Waals surface area contributed by atoms with Crippen molar-refractivity contribution >= 4 is 23.5 Å². The normalized spacial score (nSPS) is 18.7. The minimum atomic E-state index is -0.507. The molecule has 0 spiro atoms. The maximum atomic E-state index is 12.4. The van der Waals surface area contributed by atoms with E-state index in [1.165, 1.54) is 7.11 Å². The fourth-order valence-corrected chi connectivity index (χ4v) is 3.93. The summed E-state index contributed by atoms with van der Waals surface area (Å²) < 4.78 is 16.2. The zero-order valence-electron chi connectivity index (χ0n) is 16.5. The molecule has 0 bridgehead atoms. The summed E-state index contributed by atoms with van der Waals surface area (Å²) in [6, 6.07) is 4.05. The van der Waals surface area contributed by atoms with Crippen molar-refractivity contribution in [3.05, 3.63) is 22.4 Å². The first-order valence-corrected chi connectivity index (χ1v) is 10.1. The monoisotopic (exact) mass is 398 g/mol. The highest BCUT2D eigenvalue weighted by atomic mass is 32.1. The van der Waals surface area contributed by atoms with Crippen molar-refractivity contribution in [2.45, 2.75) is 45.3 Å². The first-order valence-electron chi connectivity index (χ1n) is 9.25. The number of carbonyl (C=O) groups is 2. The second kappa shape index (κ2) is 9.94. The minimum absolute atomic E-state index is 0.116. The molecule has 1 aliphatic rings. The number of hydrogen-bond acceptors (Lipinski definition) is 6. The molecule has 27 heavy (non-hydrogen) atoms. The Labute approximate surface area is 165 Å². The number of alkyl carbamates (subject to hydrolysis) is 1. The highest BCUT2D eigenvalue weighted by Crippen LogP contribution is 2.35. The number of thiophene rings is 1. The van der Waals surface area contributed by atoms with Gasteiger partial charge in [-0.05, 0) is 45.1 Å². The molecule has 0 unspecified atom stereocenters. The zero-order chi connectivity index (χ0) is 19.9. The lowest BCUT2D eigenvalue weighted by molar-refractivity contribution is -0.0231. The van der Waals surface area contributed by atoms with Gasteiger partial charge in [0.25, 0.3) is 0 Å². The van der Waals surface area contributed by atoms with Crippen LogP contribution < -0.4 is 5.32 Å². The first kappa shape index (κ1) is 21.5. The third-order valence-electron chi connectivity index (χ3n) is 4.22. The van der Waals surface area contributed by atoms with Crippen LogP contribution in [0.4, 0.5) is 9.59 Å². The van der Waals surface area contributed by atoms with Crippen LogP contribution in [0.5, 0.6) is 0 Å². The Hall–Kier alpha value is -1.80. The van der Waals surface area contributed by atoms with Crippen molar-refractivity contribution in [2.24, 2.45) is 5.92 Å². The second-order valence-electron chi connectivity index (χ2n) is 7.55. The van der Waals surface area contributed by atoms with Crippen LogP contribution >= 0.6 is 11.3 Å². The number of ether oxygens (including phenoxy) is 3. The lowest BCUT2D eigenvalue weighted by atomic mass is 9.91. The van der Waals surface area contributed by atoms with Gasteiger partial charge in [-0.2, -0.15) is 0 Å². The second-order valence-corrected chi connectivity index (χ2v) is 8.53. The third kappa shape index (κ3) is 7.03. The average Bonchev–Trinajstić information content (AvgIpc) is 3.14. The molecule has 8 heteroatoms. The molecule has 152 valence electrons. The van der Waals surface area contributed by atoms with Gasteiger partial charge in [-0.1, -0.05) is 6.07 Å². The van der Waals surface area contributed by atoms with Crippen LogP contribution in [-0.2, 0) is 14.2 Å². The summed E-state index contributed by atoms with van der Waals surface area (Å²) in [7, 11) is 1.33. The van der Waals surface area contributed by atoms with E-state index >= 15 is 0 Å². The van der Waals surface area contributed by atoms with Gasteiger partial charge in [0.2, 0.25) is 0 Å². The molecule has 0 aliphatic carbocycles. The number of likely N-dealkylation sites (tertiary alicyclic amines) is 1. The first-order chi connectivity index (χ1) is 12.8. The van der Waals surface area contributed by atoms with Crippen LogP contribution in [0.15, 0.2) is 17.5 Å². The highest BCUT2D eigenvalue weighted by Gasteiger charge is 2.33. The molecule has 0 aromatic carbocycles. The topological polar surface area (TPSA) is 77.1 Å². The molecular weight excluding hydrogens is 368 g/mol. The Kier molecular flexibility index (Phi) is 7.91. The lowest BCUT2D eigenvalue weighted by Crippen LogP contribution is -2.44. The van der Waals surface area contributed by atoms with Gasteiger partial charge in [0.1, 0.15) is 5.60 Å². The number of nitrogens with zero attached hydrogens (tertiary/aromatic N) is 1. The number of nitrogens with one attached hydrogen (secondary N) is 1. The van der Waals surface area contributed by atoms with E-state index in [0.29, 0.717) is 26.2 Å². The van der Waals surface area contributed by atoms with E-state index in [0.717, 1.165) is 17.7 Å². The molecule has 1 N–H and O–H groups in total. The van der Waals surface area contributed by atoms with Crippen LogP contribution in [0.1, 0.15) is 44.6 Å². The number of methoxy groups -OCH3 is 1. The summed E-state index contributed by atoms with van der Waals surface area (Å²) in [5.41, 5.74) is -0.507. The smallest absolute Gasteiger partial charge is 0.410 e. The summed E-state index contributed by atoms with van der Waals surface area (Å²) >= 11 is 1.64. The molecule has 2 amide bonds. The van der Waals surface area contributed by atoms with Crippen molar-refractivity contribution in [1.29, 1.82) is 0 Å². The van der Waals surface area contributed by atoms with Gasteiger partial charge in [0, 0.05) is 30.4 Å². The maximum Gasteiger partial charge on any atom is 0.410 e.